The van der Waals surface area contributed by atoms with Crippen molar-refractivity contribution in [2.45, 2.75) is 109 Å². The summed E-state index contributed by atoms with van der Waals surface area (Å²) >= 11 is 0. The van der Waals surface area contributed by atoms with Crippen molar-refractivity contribution in [3.63, 3.8) is 0 Å². The Morgan fingerprint density at radius 3 is 2.17 bits per heavy atom. The van der Waals surface area contributed by atoms with Crippen LogP contribution in [0.5, 0.6) is 0 Å². The number of benzene rings is 2. The van der Waals surface area contributed by atoms with Crippen LogP contribution in [-0.2, 0) is 32.1 Å². The van der Waals surface area contributed by atoms with Crippen LogP contribution in [0.4, 0.5) is 4.79 Å². The topological polar surface area (TPSA) is 168 Å². The monoisotopic (exact) mass is 649 g/mol. The molecule has 1 saturated heterocycles. The van der Waals surface area contributed by atoms with Crippen LogP contribution in [0.15, 0.2) is 60.7 Å². The summed E-state index contributed by atoms with van der Waals surface area (Å²) < 4.78 is 5.69. The van der Waals surface area contributed by atoms with E-state index in [0.717, 1.165) is 36.1 Å². The van der Waals surface area contributed by atoms with Crippen molar-refractivity contribution in [1.82, 2.24) is 15.1 Å². The molecule has 2 aromatic rings. The number of aliphatic hydroxyl groups is 1. The number of nitrogens with zero attached hydrogens (tertiary/aromatic N) is 2. The van der Waals surface area contributed by atoms with E-state index in [2.05, 4.69) is 5.32 Å². The first-order valence-corrected chi connectivity index (χ1v) is 16.7. The molecule has 2 aliphatic rings. The molecule has 47 heavy (non-hydrogen) atoms. The Morgan fingerprint density at radius 2 is 1.57 bits per heavy atom. The fourth-order valence-corrected chi connectivity index (χ4v) is 6.91. The molecule has 1 saturated carbocycles. The summed E-state index contributed by atoms with van der Waals surface area (Å²) in [6, 6.07) is 16.4. The average Bonchev–Trinajstić information content (AvgIpc) is 3.04. The summed E-state index contributed by atoms with van der Waals surface area (Å²) in [5.74, 6) is -1.46. The Morgan fingerprint density at radius 1 is 0.979 bits per heavy atom. The van der Waals surface area contributed by atoms with Crippen molar-refractivity contribution in [2.24, 2.45) is 23.3 Å². The first-order valence-electron chi connectivity index (χ1n) is 16.7. The molecule has 6 N–H and O–H groups in total. The second kappa shape index (κ2) is 16.3. The van der Waals surface area contributed by atoms with Gasteiger partial charge in [-0.05, 0) is 69.4 Å². The number of aliphatic hydroxyl groups excluding tert-OH is 1. The number of imide groups is 1. The fourth-order valence-electron chi connectivity index (χ4n) is 6.91. The van der Waals surface area contributed by atoms with Gasteiger partial charge >= 0.3 is 6.09 Å². The van der Waals surface area contributed by atoms with Crippen LogP contribution in [0.3, 0.4) is 0 Å². The van der Waals surface area contributed by atoms with Crippen molar-refractivity contribution in [2.75, 3.05) is 6.54 Å². The Bertz CT molecular complexity index is 1350. The number of amides is 4. The number of carbonyl (C=O) groups is 4. The lowest BCUT2D eigenvalue weighted by atomic mass is 9.72. The molecule has 0 spiro atoms. The van der Waals surface area contributed by atoms with Crippen LogP contribution in [0.1, 0.15) is 76.8 Å². The minimum Gasteiger partial charge on any atom is -0.444 e. The van der Waals surface area contributed by atoms with E-state index in [9.17, 15) is 24.3 Å². The van der Waals surface area contributed by atoms with Crippen LogP contribution >= 0.6 is 0 Å². The molecule has 2 fully saturated rings. The van der Waals surface area contributed by atoms with E-state index in [1.54, 1.807) is 24.3 Å². The van der Waals surface area contributed by atoms with E-state index >= 15 is 0 Å². The van der Waals surface area contributed by atoms with Crippen molar-refractivity contribution < 1.29 is 29.0 Å². The van der Waals surface area contributed by atoms with Crippen molar-refractivity contribution >= 4 is 23.8 Å². The van der Waals surface area contributed by atoms with E-state index in [-0.39, 0.29) is 24.9 Å². The number of aryl methyl sites for hydroxylation is 1. The average molecular weight is 650 g/mol. The maximum Gasteiger partial charge on any atom is 0.418 e. The largest absolute Gasteiger partial charge is 0.444 e. The Labute approximate surface area is 278 Å². The molecule has 1 aliphatic carbocycles. The first kappa shape index (κ1) is 36.0. The molecule has 256 valence electrons. The number of carbonyl (C=O) groups excluding carboxylic acids is 4. The predicted octanol–water partition coefficient (Wildman–Crippen LogP) is 3.47. The fraction of sp³-hybridized carbons (Fsp3) is 0.556. The summed E-state index contributed by atoms with van der Waals surface area (Å²) in [6.45, 7) is 5.94. The van der Waals surface area contributed by atoms with E-state index < -0.39 is 54.2 Å². The third-order valence-corrected chi connectivity index (χ3v) is 9.14. The lowest BCUT2D eigenvalue weighted by Gasteiger charge is -2.51. The summed E-state index contributed by atoms with van der Waals surface area (Å²) in [7, 11) is 0. The van der Waals surface area contributed by atoms with Gasteiger partial charge in [0, 0.05) is 12.1 Å². The molecular formula is C36H51N5O6. The second-order valence-corrected chi connectivity index (χ2v) is 14.0. The molecule has 4 amide bonds. The zero-order valence-corrected chi connectivity index (χ0v) is 27.8. The smallest absolute Gasteiger partial charge is 0.418 e. The van der Waals surface area contributed by atoms with Gasteiger partial charge < -0.3 is 26.6 Å². The van der Waals surface area contributed by atoms with Gasteiger partial charge in [-0.1, -0.05) is 79.9 Å². The highest BCUT2D eigenvalue weighted by Gasteiger charge is 2.49. The van der Waals surface area contributed by atoms with Crippen LogP contribution in [-0.4, -0.2) is 75.2 Å². The number of hydrogen-bond donors (Lipinski definition) is 4. The second-order valence-electron chi connectivity index (χ2n) is 14.0. The van der Waals surface area contributed by atoms with E-state index in [1.165, 1.54) is 0 Å². The number of nitrogens with two attached hydrogens (primary N) is 2. The van der Waals surface area contributed by atoms with Gasteiger partial charge in [-0.3, -0.25) is 19.3 Å². The summed E-state index contributed by atoms with van der Waals surface area (Å²) in [4.78, 5) is 56.7. The van der Waals surface area contributed by atoms with Gasteiger partial charge in [0.25, 0.3) is 5.91 Å². The number of piperidine rings is 1. The summed E-state index contributed by atoms with van der Waals surface area (Å²) in [6.07, 6.45) is 1.08. The van der Waals surface area contributed by atoms with E-state index in [0.29, 0.717) is 30.9 Å². The Balaban J connectivity index is 1.78. The minimum atomic E-state index is -1.46. The van der Waals surface area contributed by atoms with Crippen molar-refractivity contribution in [3.05, 3.63) is 71.8 Å². The molecule has 11 heteroatoms. The van der Waals surface area contributed by atoms with Gasteiger partial charge in [0.1, 0.15) is 12.8 Å². The van der Waals surface area contributed by atoms with Gasteiger partial charge in [0.2, 0.25) is 11.8 Å². The molecule has 0 bridgehead atoms. The molecule has 6 atom stereocenters. The zero-order chi connectivity index (χ0) is 34.1. The minimum absolute atomic E-state index is 0.139. The lowest BCUT2D eigenvalue weighted by Crippen LogP contribution is -2.68. The van der Waals surface area contributed by atoms with E-state index in [1.807, 2.05) is 62.1 Å². The lowest BCUT2D eigenvalue weighted by molar-refractivity contribution is -0.156. The molecule has 4 rings (SSSR count). The van der Waals surface area contributed by atoms with Gasteiger partial charge in [-0.2, -0.15) is 0 Å². The van der Waals surface area contributed by atoms with Crippen LogP contribution in [0, 0.1) is 11.8 Å². The van der Waals surface area contributed by atoms with E-state index in [4.69, 9.17) is 16.2 Å². The highest BCUT2D eigenvalue weighted by atomic mass is 16.6. The molecular weight excluding hydrogens is 598 g/mol. The standard InChI is InChI=1S/C36H51N5O6/c1-36(2,3)39-32(44)29-20-26-16-10-11-17-27(26)22-40(29)33(30(42)19-18-24-12-6-4-7-13-24)41(34(45)28(37)21-31(38)43)35(46)47-23-25-14-8-5-9-15-25/h4-9,12-15,26-30,33,42H,10-11,16-23,37H2,1-3H3,(H2,38,43)(H,39,44)/t26-,27-,28+,29+,30-,33?/m1/s1. The zero-order valence-electron chi connectivity index (χ0n) is 27.8. The number of hydrogen-bond acceptors (Lipinski definition) is 8. The maximum atomic E-state index is 14.1. The van der Waals surface area contributed by atoms with Gasteiger partial charge in [0.15, 0.2) is 0 Å². The van der Waals surface area contributed by atoms with Crippen LogP contribution < -0.4 is 16.8 Å². The Hall–Kier alpha value is -3.80. The first-order chi connectivity index (χ1) is 22.3. The summed E-state index contributed by atoms with van der Waals surface area (Å²) in [5, 5.41) is 15.2. The number of likely N-dealkylation sites (tertiary alicyclic amines) is 1. The number of primary amides is 1. The maximum absolute atomic E-state index is 14.1. The number of ether oxygens (including phenoxy) is 1. The SMILES string of the molecule is CC(C)(C)NC(=O)[C@@H]1C[C@H]2CCCC[C@@H]2CN1C([C@H](O)CCc1ccccc1)N(C(=O)OCc1ccccc1)C(=O)[C@@H](N)CC(N)=O. The van der Waals surface area contributed by atoms with Crippen molar-refractivity contribution in [3.8, 4) is 0 Å². The molecule has 2 aromatic carbocycles. The predicted molar refractivity (Wildman–Crippen MR) is 178 cm³/mol. The Kier molecular flexibility index (Phi) is 12.5. The quantitative estimate of drug-likeness (QED) is 0.271. The van der Waals surface area contributed by atoms with Gasteiger partial charge in [-0.25, -0.2) is 9.69 Å². The third-order valence-electron chi connectivity index (χ3n) is 9.14. The van der Waals surface area contributed by atoms with Crippen LogP contribution in [0.25, 0.3) is 0 Å². The molecule has 0 aromatic heterocycles. The number of fused-ring (bicyclic) bond motifs is 1. The summed E-state index contributed by atoms with van der Waals surface area (Å²) in [5.41, 5.74) is 12.7. The van der Waals surface area contributed by atoms with Crippen molar-refractivity contribution in [1.29, 1.82) is 0 Å². The number of nitrogens with one attached hydrogen (secondary N) is 1. The van der Waals surface area contributed by atoms with Gasteiger partial charge in [-0.15, -0.1) is 0 Å². The normalized spacial score (nSPS) is 21.9. The molecule has 1 heterocycles. The highest BCUT2D eigenvalue weighted by Crippen LogP contribution is 2.40. The highest BCUT2D eigenvalue weighted by molar-refractivity contribution is 5.97. The molecule has 1 unspecified atom stereocenters. The molecule has 1 aliphatic heterocycles. The van der Waals surface area contributed by atoms with Gasteiger partial charge in [0.05, 0.1) is 24.6 Å². The van der Waals surface area contributed by atoms with Crippen LogP contribution in [0.2, 0.25) is 0 Å². The number of rotatable bonds is 12. The molecule has 0 radical (unpaired) electrons. The third kappa shape index (κ3) is 10.1. The molecule has 11 nitrogen and oxygen atoms in total.